The van der Waals surface area contributed by atoms with E-state index < -0.39 is 49.0 Å². The number of halogens is 14. The summed E-state index contributed by atoms with van der Waals surface area (Å²) >= 11 is 0. The van der Waals surface area contributed by atoms with E-state index in [4.69, 9.17) is 0 Å². The summed E-state index contributed by atoms with van der Waals surface area (Å²) in [6.45, 7) is -3.28. The monoisotopic (exact) mass is 412 g/mol. The second kappa shape index (κ2) is 5.45. The van der Waals surface area contributed by atoms with Gasteiger partial charge in [0.05, 0.1) is 0 Å². The van der Waals surface area contributed by atoms with Gasteiger partial charge in [-0.25, -0.2) is 0 Å². The van der Waals surface area contributed by atoms with Gasteiger partial charge in [-0.2, -0.15) is 61.5 Å². The standard InChI is InChI=1S/C8H2F14O3/c9-2(10,11)1-23-8(22)4(13,6(17,18)19)24-7(20,21)3(12,25-8)5(14,15)16/h1H2. The van der Waals surface area contributed by atoms with Crippen LogP contribution in [0.4, 0.5) is 61.5 Å². The maximum absolute atomic E-state index is 13.8. The average molecular weight is 412 g/mol. The predicted molar refractivity (Wildman–Crippen MR) is 42.8 cm³/mol. The van der Waals surface area contributed by atoms with Crippen LogP contribution in [0.25, 0.3) is 0 Å². The summed E-state index contributed by atoms with van der Waals surface area (Å²) in [6.07, 6.45) is -26.8. The van der Waals surface area contributed by atoms with Crippen LogP contribution >= 0.6 is 0 Å². The van der Waals surface area contributed by atoms with Crippen LogP contribution in [0.1, 0.15) is 0 Å². The fourth-order valence-corrected chi connectivity index (χ4v) is 1.36. The van der Waals surface area contributed by atoms with E-state index in [9.17, 15) is 61.5 Å². The molecule has 0 bridgehead atoms. The predicted octanol–water partition coefficient (Wildman–Crippen LogP) is 4.28. The van der Waals surface area contributed by atoms with E-state index in [-0.39, 0.29) is 0 Å². The minimum Gasteiger partial charge on any atom is -0.309 e. The van der Waals surface area contributed by atoms with Crippen molar-refractivity contribution in [2.24, 2.45) is 0 Å². The van der Waals surface area contributed by atoms with Crippen molar-refractivity contribution in [3.8, 4) is 0 Å². The normalized spacial score (nSPS) is 37.2. The lowest BCUT2D eigenvalue weighted by Crippen LogP contribution is -2.77. The number of hydrogen-bond donors (Lipinski definition) is 0. The van der Waals surface area contributed by atoms with Gasteiger partial charge in [-0.05, 0) is 0 Å². The van der Waals surface area contributed by atoms with E-state index >= 15 is 0 Å². The molecule has 150 valence electrons. The van der Waals surface area contributed by atoms with Gasteiger partial charge in [0.15, 0.2) is 0 Å². The van der Waals surface area contributed by atoms with Gasteiger partial charge < -0.3 is 4.74 Å². The molecule has 1 aliphatic rings. The third-order valence-corrected chi connectivity index (χ3v) is 2.45. The van der Waals surface area contributed by atoms with Gasteiger partial charge in [0.2, 0.25) is 0 Å². The van der Waals surface area contributed by atoms with E-state index in [1.165, 1.54) is 0 Å². The number of alkyl halides is 14. The molecule has 17 heteroatoms. The van der Waals surface area contributed by atoms with Gasteiger partial charge in [0.25, 0.3) is 0 Å². The first-order chi connectivity index (χ1) is 10.6. The third-order valence-electron chi connectivity index (χ3n) is 2.45. The van der Waals surface area contributed by atoms with Crippen LogP contribution in [0.3, 0.4) is 0 Å². The second-order valence-corrected chi connectivity index (χ2v) is 4.35. The van der Waals surface area contributed by atoms with Crippen LogP contribution in [-0.2, 0) is 14.2 Å². The lowest BCUT2D eigenvalue weighted by atomic mass is 10.1. The Kier molecular flexibility index (Phi) is 4.78. The van der Waals surface area contributed by atoms with E-state index in [1.807, 2.05) is 4.74 Å². The third kappa shape index (κ3) is 3.44. The molecule has 1 rings (SSSR count). The van der Waals surface area contributed by atoms with Crippen molar-refractivity contribution in [1.82, 2.24) is 0 Å². The number of ether oxygens (including phenoxy) is 3. The Bertz CT molecular complexity index is 510. The molecule has 25 heavy (non-hydrogen) atoms. The van der Waals surface area contributed by atoms with E-state index in [1.54, 1.807) is 0 Å². The van der Waals surface area contributed by atoms with Crippen molar-refractivity contribution >= 4 is 0 Å². The molecule has 3 unspecified atom stereocenters. The van der Waals surface area contributed by atoms with Crippen LogP contribution in [0.5, 0.6) is 0 Å². The quantitative estimate of drug-likeness (QED) is 0.634. The van der Waals surface area contributed by atoms with Gasteiger partial charge in [0, 0.05) is 0 Å². The van der Waals surface area contributed by atoms with Crippen molar-refractivity contribution in [3.63, 3.8) is 0 Å². The van der Waals surface area contributed by atoms with Gasteiger partial charge in [-0.15, -0.1) is 0 Å². The molecule has 0 N–H and O–H groups in total. The van der Waals surface area contributed by atoms with E-state index in [2.05, 4.69) is 9.47 Å². The molecule has 0 saturated carbocycles. The van der Waals surface area contributed by atoms with Crippen LogP contribution in [0, 0.1) is 0 Å². The zero-order chi connectivity index (χ0) is 20.3. The van der Waals surface area contributed by atoms with Gasteiger partial charge in [-0.1, -0.05) is 0 Å². The molecule has 0 aromatic rings. The highest BCUT2D eigenvalue weighted by Crippen LogP contribution is 2.61. The molecule has 0 radical (unpaired) electrons. The zero-order valence-corrected chi connectivity index (χ0v) is 10.7. The average Bonchev–Trinajstić information content (AvgIpc) is 2.30. The Balaban J connectivity index is 3.51. The molecule has 1 fully saturated rings. The zero-order valence-electron chi connectivity index (χ0n) is 10.7. The summed E-state index contributed by atoms with van der Waals surface area (Å²) in [5, 5.41) is 0. The Morgan fingerprint density at radius 3 is 1.36 bits per heavy atom. The SMILES string of the molecule is FC(F)(F)COC1(F)OC(F)(C(F)(F)F)C(F)(F)OC1(F)C(F)(F)F. The fraction of sp³-hybridized carbons (Fsp3) is 1.00. The van der Waals surface area contributed by atoms with Crippen LogP contribution in [0.15, 0.2) is 0 Å². The maximum atomic E-state index is 13.8. The summed E-state index contributed by atoms with van der Waals surface area (Å²) < 4.78 is 183. The minimum absolute atomic E-state index is 1.94. The molecular formula is C8H2F14O3. The van der Waals surface area contributed by atoms with Gasteiger partial charge in [-0.3, -0.25) is 9.47 Å². The number of hydrogen-bond acceptors (Lipinski definition) is 3. The Hall–Kier alpha value is -1.10. The molecule has 1 heterocycles. The van der Waals surface area contributed by atoms with Crippen molar-refractivity contribution in [2.75, 3.05) is 6.61 Å². The first-order valence-corrected chi connectivity index (χ1v) is 5.31. The highest BCUT2D eigenvalue weighted by molar-refractivity contribution is 5.00. The minimum atomic E-state index is -7.08. The Morgan fingerprint density at radius 2 is 1.04 bits per heavy atom. The van der Waals surface area contributed by atoms with Crippen molar-refractivity contribution in [1.29, 1.82) is 0 Å². The molecule has 0 spiro atoms. The first kappa shape index (κ1) is 21.9. The van der Waals surface area contributed by atoms with Crippen molar-refractivity contribution in [3.05, 3.63) is 0 Å². The Morgan fingerprint density at radius 1 is 0.640 bits per heavy atom. The molecule has 1 saturated heterocycles. The lowest BCUT2D eigenvalue weighted by molar-refractivity contribution is -0.635. The number of rotatable bonds is 2. The summed E-state index contributed by atoms with van der Waals surface area (Å²) in [7, 11) is 0. The van der Waals surface area contributed by atoms with E-state index in [0.29, 0.717) is 0 Å². The molecule has 1 aliphatic heterocycles. The van der Waals surface area contributed by atoms with Gasteiger partial charge in [0.1, 0.15) is 6.61 Å². The fourth-order valence-electron chi connectivity index (χ4n) is 1.36. The van der Waals surface area contributed by atoms with Crippen LogP contribution in [0.2, 0.25) is 0 Å². The maximum Gasteiger partial charge on any atom is 0.458 e. The second-order valence-electron chi connectivity index (χ2n) is 4.35. The molecule has 0 aromatic heterocycles. The molecule has 0 amide bonds. The molecule has 3 nitrogen and oxygen atoms in total. The van der Waals surface area contributed by atoms with Crippen LogP contribution in [-0.4, -0.2) is 49.0 Å². The summed E-state index contributed by atoms with van der Waals surface area (Å²) in [4.78, 5) is 0. The van der Waals surface area contributed by atoms with Crippen molar-refractivity contribution in [2.45, 2.75) is 42.4 Å². The summed E-state index contributed by atoms with van der Waals surface area (Å²) in [5.41, 5.74) is 0. The smallest absolute Gasteiger partial charge is 0.309 e. The Labute approximate surface area is 126 Å². The lowest BCUT2D eigenvalue weighted by Gasteiger charge is -2.49. The summed E-state index contributed by atoms with van der Waals surface area (Å²) in [6, 6.07) is -6.44. The van der Waals surface area contributed by atoms with Crippen molar-refractivity contribution < 1.29 is 75.7 Å². The first-order valence-electron chi connectivity index (χ1n) is 5.31. The van der Waals surface area contributed by atoms with Crippen LogP contribution < -0.4 is 0 Å². The highest BCUT2D eigenvalue weighted by atomic mass is 19.4. The highest BCUT2D eigenvalue weighted by Gasteiger charge is 2.90. The topological polar surface area (TPSA) is 27.7 Å². The largest absolute Gasteiger partial charge is 0.458 e. The molecular weight excluding hydrogens is 410 g/mol. The summed E-state index contributed by atoms with van der Waals surface area (Å²) in [5.74, 6) is -13.6. The van der Waals surface area contributed by atoms with Gasteiger partial charge >= 0.3 is 42.4 Å². The molecule has 0 aliphatic carbocycles. The van der Waals surface area contributed by atoms with E-state index in [0.717, 1.165) is 0 Å². The molecule has 3 atom stereocenters. The molecule has 0 aromatic carbocycles.